The Bertz CT molecular complexity index is 488. The molecule has 1 aliphatic rings. The molecule has 1 aromatic rings. The lowest BCUT2D eigenvalue weighted by Gasteiger charge is -2.37. The fourth-order valence-corrected chi connectivity index (χ4v) is 1.92. The topological polar surface area (TPSA) is 108 Å². The van der Waals surface area contributed by atoms with Crippen LogP contribution in [-0.4, -0.2) is 62.9 Å². The number of aliphatic hydroxyl groups excluding tert-OH is 3. The molecule has 1 aliphatic heterocycles. The highest BCUT2D eigenvalue weighted by Gasteiger charge is 2.39. The Hall–Kier alpha value is -1.49. The Morgan fingerprint density at radius 3 is 2.67 bits per heavy atom. The van der Waals surface area contributed by atoms with Gasteiger partial charge in [0.25, 0.3) is 0 Å². The lowest BCUT2D eigenvalue weighted by molar-refractivity contribution is -0.152. The predicted octanol–water partition coefficient (Wildman–Crippen LogP) is -0.611. The van der Waals surface area contributed by atoms with Gasteiger partial charge in [-0.3, -0.25) is 0 Å². The molecule has 10 heteroatoms. The van der Waals surface area contributed by atoms with Crippen molar-refractivity contribution in [2.45, 2.75) is 30.5 Å². The van der Waals surface area contributed by atoms with Crippen molar-refractivity contribution in [1.29, 1.82) is 0 Å². The Balaban J connectivity index is 2.08. The van der Waals surface area contributed by atoms with E-state index in [0.29, 0.717) is 0 Å². The lowest BCUT2D eigenvalue weighted by Crippen LogP contribution is -2.56. The van der Waals surface area contributed by atoms with E-state index in [2.05, 4.69) is 15.3 Å². The number of aromatic nitrogens is 2. The van der Waals surface area contributed by atoms with Crippen molar-refractivity contribution in [2.75, 3.05) is 18.5 Å². The molecule has 4 atom stereocenters. The first-order valence-electron chi connectivity index (χ1n) is 6.08. The SMILES string of the molecule is OCC1OCC(Nc2nccc(C(F)(F)F)n2)C(O)C1O. The minimum Gasteiger partial charge on any atom is -0.394 e. The summed E-state index contributed by atoms with van der Waals surface area (Å²) in [7, 11) is 0. The van der Waals surface area contributed by atoms with Crippen molar-refractivity contribution in [1.82, 2.24) is 9.97 Å². The third-order valence-corrected chi connectivity index (χ3v) is 3.07. The monoisotopic (exact) mass is 309 g/mol. The van der Waals surface area contributed by atoms with E-state index in [4.69, 9.17) is 9.84 Å². The zero-order chi connectivity index (χ0) is 15.6. The molecule has 1 aromatic heterocycles. The van der Waals surface area contributed by atoms with Crippen molar-refractivity contribution in [3.05, 3.63) is 18.0 Å². The molecule has 0 aromatic carbocycles. The average Bonchev–Trinajstić information content (AvgIpc) is 2.44. The van der Waals surface area contributed by atoms with Gasteiger partial charge < -0.3 is 25.4 Å². The molecule has 0 aliphatic carbocycles. The normalized spacial score (nSPS) is 30.2. The highest BCUT2D eigenvalue weighted by molar-refractivity contribution is 5.28. The summed E-state index contributed by atoms with van der Waals surface area (Å²) >= 11 is 0. The van der Waals surface area contributed by atoms with Gasteiger partial charge in [0.05, 0.1) is 19.3 Å². The highest BCUT2D eigenvalue weighted by atomic mass is 19.4. The van der Waals surface area contributed by atoms with Gasteiger partial charge in [0.2, 0.25) is 5.95 Å². The Kier molecular flexibility index (Phi) is 4.61. The molecule has 0 spiro atoms. The van der Waals surface area contributed by atoms with Crippen molar-refractivity contribution in [3.8, 4) is 0 Å². The molecule has 7 nitrogen and oxygen atoms in total. The maximum absolute atomic E-state index is 12.5. The number of hydrogen-bond acceptors (Lipinski definition) is 7. The van der Waals surface area contributed by atoms with E-state index < -0.39 is 42.8 Å². The van der Waals surface area contributed by atoms with Crippen LogP contribution >= 0.6 is 0 Å². The fourth-order valence-electron chi connectivity index (χ4n) is 1.92. The van der Waals surface area contributed by atoms with Crippen LogP contribution in [0.4, 0.5) is 19.1 Å². The number of rotatable bonds is 3. The molecule has 1 saturated heterocycles. The maximum Gasteiger partial charge on any atom is 0.433 e. The van der Waals surface area contributed by atoms with Crippen molar-refractivity contribution >= 4 is 5.95 Å². The fraction of sp³-hybridized carbons (Fsp3) is 0.636. The van der Waals surface area contributed by atoms with Crippen molar-refractivity contribution in [3.63, 3.8) is 0 Å². The number of ether oxygens (including phenoxy) is 1. The largest absolute Gasteiger partial charge is 0.433 e. The van der Waals surface area contributed by atoms with Gasteiger partial charge in [0, 0.05) is 6.20 Å². The second-order valence-corrected chi connectivity index (χ2v) is 4.55. The molecule has 0 bridgehead atoms. The second-order valence-electron chi connectivity index (χ2n) is 4.55. The summed E-state index contributed by atoms with van der Waals surface area (Å²) in [5.74, 6) is -0.341. The van der Waals surface area contributed by atoms with E-state index in [1.807, 2.05) is 0 Å². The molecule has 4 unspecified atom stereocenters. The number of nitrogens with one attached hydrogen (secondary N) is 1. The molecule has 4 N–H and O–H groups in total. The summed E-state index contributed by atoms with van der Waals surface area (Å²) in [5.41, 5.74) is -1.12. The van der Waals surface area contributed by atoms with Crippen LogP contribution in [0, 0.1) is 0 Å². The standard InChI is InChI=1S/C11H14F3N3O4/c12-11(13,14)7-1-2-15-10(17-7)16-5-4-21-6(3-18)9(20)8(5)19/h1-2,5-6,8-9,18-20H,3-4H2,(H,15,16,17). The van der Waals surface area contributed by atoms with Gasteiger partial charge in [0.1, 0.15) is 24.0 Å². The van der Waals surface area contributed by atoms with Gasteiger partial charge in [0.15, 0.2) is 0 Å². The molecule has 2 heterocycles. The Morgan fingerprint density at radius 1 is 1.33 bits per heavy atom. The van der Waals surface area contributed by atoms with Crippen LogP contribution in [-0.2, 0) is 10.9 Å². The summed E-state index contributed by atoms with van der Waals surface area (Å²) in [5, 5.41) is 30.9. The van der Waals surface area contributed by atoms with E-state index in [9.17, 15) is 23.4 Å². The van der Waals surface area contributed by atoms with Gasteiger partial charge >= 0.3 is 6.18 Å². The molecule has 0 radical (unpaired) electrons. The predicted molar refractivity (Wildman–Crippen MR) is 63.3 cm³/mol. The van der Waals surface area contributed by atoms with E-state index in [0.717, 1.165) is 12.3 Å². The van der Waals surface area contributed by atoms with Gasteiger partial charge in [-0.25, -0.2) is 9.97 Å². The lowest BCUT2D eigenvalue weighted by atomic mass is 9.98. The summed E-state index contributed by atoms with van der Waals surface area (Å²) in [6, 6.07) is -0.179. The average molecular weight is 309 g/mol. The quantitative estimate of drug-likeness (QED) is 0.590. The van der Waals surface area contributed by atoms with Crippen LogP contribution in [0.3, 0.4) is 0 Å². The Morgan fingerprint density at radius 2 is 2.05 bits per heavy atom. The number of anilines is 1. The molecular weight excluding hydrogens is 295 g/mol. The van der Waals surface area contributed by atoms with Crippen molar-refractivity contribution < 1.29 is 33.2 Å². The number of aliphatic hydroxyl groups is 3. The van der Waals surface area contributed by atoms with Gasteiger partial charge in [-0.15, -0.1) is 0 Å². The third-order valence-electron chi connectivity index (χ3n) is 3.07. The first kappa shape index (κ1) is 15.9. The molecule has 0 amide bonds. The van der Waals surface area contributed by atoms with Gasteiger partial charge in [-0.2, -0.15) is 13.2 Å². The van der Waals surface area contributed by atoms with Crippen LogP contribution in [0.25, 0.3) is 0 Å². The van der Waals surface area contributed by atoms with E-state index in [-0.39, 0.29) is 12.6 Å². The zero-order valence-electron chi connectivity index (χ0n) is 10.7. The maximum atomic E-state index is 12.5. The van der Waals surface area contributed by atoms with E-state index in [1.54, 1.807) is 0 Å². The minimum absolute atomic E-state index is 0.122. The number of hydrogen-bond donors (Lipinski definition) is 4. The number of halogens is 3. The van der Waals surface area contributed by atoms with Crippen molar-refractivity contribution in [2.24, 2.45) is 0 Å². The molecular formula is C11H14F3N3O4. The van der Waals surface area contributed by atoms with E-state index in [1.165, 1.54) is 0 Å². The summed E-state index contributed by atoms with van der Waals surface area (Å²) in [4.78, 5) is 6.92. The van der Waals surface area contributed by atoms with Gasteiger partial charge in [-0.1, -0.05) is 0 Å². The van der Waals surface area contributed by atoms with Crippen LogP contribution in [0.1, 0.15) is 5.69 Å². The first-order valence-corrected chi connectivity index (χ1v) is 6.08. The minimum atomic E-state index is -4.61. The first-order chi connectivity index (χ1) is 9.82. The van der Waals surface area contributed by atoms with Crippen LogP contribution in [0.5, 0.6) is 0 Å². The Labute approximate surface area is 117 Å². The summed E-state index contributed by atoms with van der Waals surface area (Å²) in [6.07, 6.45) is -7.33. The highest BCUT2D eigenvalue weighted by Crippen LogP contribution is 2.28. The van der Waals surface area contributed by atoms with Crippen LogP contribution in [0.15, 0.2) is 12.3 Å². The number of nitrogens with zero attached hydrogens (tertiary/aromatic N) is 2. The third kappa shape index (κ3) is 3.59. The second kappa shape index (κ2) is 6.10. The summed E-state index contributed by atoms with van der Waals surface area (Å²) in [6.45, 7) is -0.603. The number of alkyl halides is 3. The molecule has 21 heavy (non-hydrogen) atoms. The smallest absolute Gasteiger partial charge is 0.394 e. The molecule has 0 saturated carbocycles. The molecule has 2 rings (SSSR count). The molecule has 118 valence electrons. The summed E-state index contributed by atoms with van der Waals surface area (Å²) < 4.78 is 42.7. The van der Waals surface area contributed by atoms with Crippen LogP contribution < -0.4 is 5.32 Å². The zero-order valence-corrected chi connectivity index (χ0v) is 10.7. The van der Waals surface area contributed by atoms with Crippen LogP contribution in [0.2, 0.25) is 0 Å². The van der Waals surface area contributed by atoms with E-state index >= 15 is 0 Å². The van der Waals surface area contributed by atoms with Gasteiger partial charge in [-0.05, 0) is 6.07 Å². The molecule has 1 fully saturated rings.